The molecule has 0 amide bonds. The molecule has 1 aliphatic carbocycles. The van der Waals surface area contributed by atoms with Gasteiger partial charge in [0.05, 0.1) is 7.11 Å². The van der Waals surface area contributed by atoms with Crippen molar-refractivity contribution >= 4 is 0 Å². The molecular weight excluding hydrogens is 324 g/mol. The zero-order valence-electron chi connectivity index (χ0n) is 15.6. The molecule has 4 nitrogen and oxygen atoms in total. The molecule has 4 rings (SSSR count). The van der Waals surface area contributed by atoms with Crippen LogP contribution >= 0.6 is 0 Å². The molecule has 0 N–H and O–H groups in total. The summed E-state index contributed by atoms with van der Waals surface area (Å²) in [5.41, 5.74) is 4.11. The third-order valence-corrected chi connectivity index (χ3v) is 5.68. The van der Waals surface area contributed by atoms with Crippen LogP contribution in [-0.4, -0.2) is 43.2 Å². The van der Waals surface area contributed by atoms with Gasteiger partial charge in [0.1, 0.15) is 12.4 Å². The zero-order chi connectivity index (χ0) is 17.8. The number of aromatic nitrogens is 1. The van der Waals surface area contributed by atoms with Crippen LogP contribution in [0.25, 0.3) is 0 Å². The average molecular weight is 352 g/mol. The Bertz CT molecular complexity index is 723. The van der Waals surface area contributed by atoms with E-state index in [1.165, 1.54) is 55.5 Å². The van der Waals surface area contributed by atoms with Crippen LogP contribution in [0.4, 0.5) is 0 Å². The van der Waals surface area contributed by atoms with E-state index in [0.717, 1.165) is 31.2 Å². The first kappa shape index (κ1) is 17.3. The maximum absolute atomic E-state index is 5.84. The van der Waals surface area contributed by atoms with Crippen molar-refractivity contribution in [2.45, 2.75) is 38.0 Å². The van der Waals surface area contributed by atoms with Gasteiger partial charge in [0, 0.05) is 24.7 Å². The molecule has 1 unspecified atom stereocenters. The molecule has 2 heterocycles. The first-order valence-corrected chi connectivity index (χ1v) is 9.81. The molecule has 4 heteroatoms. The van der Waals surface area contributed by atoms with Crippen LogP contribution in [0.3, 0.4) is 0 Å². The lowest BCUT2D eigenvalue weighted by Gasteiger charge is -2.26. The summed E-state index contributed by atoms with van der Waals surface area (Å²) in [5, 5.41) is 0. The van der Waals surface area contributed by atoms with Gasteiger partial charge in [0.15, 0.2) is 0 Å². The minimum Gasteiger partial charge on any atom is -0.497 e. The minimum absolute atomic E-state index is 0.427. The zero-order valence-corrected chi connectivity index (χ0v) is 15.6. The Morgan fingerprint density at radius 2 is 2.00 bits per heavy atom. The third-order valence-electron chi connectivity index (χ3n) is 5.68. The van der Waals surface area contributed by atoms with Gasteiger partial charge in [-0.1, -0.05) is 12.1 Å². The van der Waals surface area contributed by atoms with Gasteiger partial charge in [0.2, 0.25) is 5.88 Å². The largest absolute Gasteiger partial charge is 0.497 e. The van der Waals surface area contributed by atoms with E-state index in [4.69, 9.17) is 9.47 Å². The Morgan fingerprint density at radius 3 is 2.77 bits per heavy atom. The van der Waals surface area contributed by atoms with E-state index in [9.17, 15) is 0 Å². The van der Waals surface area contributed by atoms with Crippen LogP contribution in [0.1, 0.15) is 48.3 Å². The van der Waals surface area contributed by atoms with Crippen molar-refractivity contribution in [3.05, 3.63) is 53.2 Å². The number of fused-ring (bicyclic) bond motifs is 1. The van der Waals surface area contributed by atoms with Crippen molar-refractivity contribution in [1.82, 2.24) is 9.88 Å². The number of rotatable bonds is 6. The fraction of sp³-hybridized carbons (Fsp3) is 0.500. The fourth-order valence-electron chi connectivity index (χ4n) is 4.23. The lowest BCUT2D eigenvalue weighted by molar-refractivity contribution is 0.232. The highest BCUT2D eigenvalue weighted by atomic mass is 16.5. The molecule has 0 saturated carbocycles. The molecule has 0 bridgehead atoms. The number of ether oxygens (including phenoxy) is 2. The van der Waals surface area contributed by atoms with Gasteiger partial charge in [-0.3, -0.25) is 4.90 Å². The minimum atomic E-state index is 0.427. The lowest BCUT2D eigenvalue weighted by Crippen LogP contribution is -2.25. The van der Waals surface area contributed by atoms with Crippen molar-refractivity contribution in [2.75, 3.05) is 33.4 Å². The topological polar surface area (TPSA) is 34.6 Å². The Morgan fingerprint density at radius 1 is 1.12 bits per heavy atom. The second kappa shape index (κ2) is 8.09. The van der Waals surface area contributed by atoms with Crippen LogP contribution in [0, 0.1) is 0 Å². The number of aryl methyl sites for hydroxylation is 1. The van der Waals surface area contributed by atoms with Crippen molar-refractivity contribution in [3.63, 3.8) is 0 Å². The van der Waals surface area contributed by atoms with E-state index < -0.39 is 0 Å². The van der Waals surface area contributed by atoms with Crippen molar-refractivity contribution in [3.8, 4) is 11.6 Å². The normalized spacial score (nSPS) is 20.0. The second-order valence-corrected chi connectivity index (χ2v) is 7.34. The van der Waals surface area contributed by atoms with E-state index in [2.05, 4.69) is 34.1 Å². The van der Waals surface area contributed by atoms with Gasteiger partial charge in [-0.2, -0.15) is 0 Å². The summed E-state index contributed by atoms with van der Waals surface area (Å²) < 4.78 is 11.2. The van der Waals surface area contributed by atoms with Gasteiger partial charge in [-0.05, 0) is 74.0 Å². The van der Waals surface area contributed by atoms with Crippen LogP contribution in [-0.2, 0) is 6.42 Å². The molecular formula is C22H28N2O2. The number of hydrogen-bond acceptors (Lipinski definition) is 4. The van der Waals surface area contributed by atoms with Gasteiger partial charge >= 0.3 is 0 Å². The average Bonchev–Trinajstić information content (AvgIpc) is 3.21. The van der Waals surface area contributed by atoms with E-state index >= 15 is 0 Å². The molecule has 26 heavy (non-hydrogen) atoms. The van der Waals surface area contributed by atoms with E-state index in [-0.39, 0.29) is 0 Å². The molecule has 2 aromatic rings. The number of nitrogens with zero attached hydrogens (tertiary/aromatic N) is 2. The monoisotopic (exact) mass is 352 g/mol. The second-order valence-electron chi connectivity index (χ2n) is 7.34. The first-order chi connectivity index (χ1) is 12.8. The van der Waals surface area contributed by atoms with Crippen LogP contribution < -0.4 is 9.47 Å². The Labute approximate surface area is 156 Å². The van der Waals surface area contributed by atoms with E-state index in [1.807, 2.05) is 12.3 Å². The molecule has 1 aromatic carbocycles. The maximum atomic E-state index is 5.84. The number of benzene rings is 1. The summed E-state index contributed by atoms with van der Waals surface area (Å²) in [4.78, 5) is 7.02. The Kier molecular flexibility index (Phi) is 5.40. The Hall–Kier alpha value is -2.07. The van der Waals surface area contributed by atoms with Crippen molar-refractivity contribution in [1.29, 1.82) is 0 Å². The maximum Gasteiger partial charge on any atom is 0.213 e. The molecule has 2 aliphatic rings. The standard InChI is InChI=1S/C22H28N2O2/c1-25-19-8-9-21-17(15-19)5-4-6-20(21)18-7-10-22(23-16-18)26-14-13-24-11-2-3-12-24/h7-10,15-16,20H,2-6,11-14H2,1H3. The van der Waals surface area contributed by atoms with E-state index in [1.54, 1.807) is 7.11 Å². The summed E-state index contributed by atoms with van der Waals surface area (Å²) in [5.74, 6) is 2.11. The lowest BCUT2D eigenvalue weighted by atomic mass is 9.79. The number of pyridine rings is 1. The molecule has 1 atom stereocenters. The highest BCUT2D eigenvalue weighted by Gasteiger charge is 2.22. The predicted octanol–water partition coefficient (Wildman–Crippen LogP) is 4.03. The molecule has 1 saturated heterocycles. The van der Waals surface area contributed by atoms with Crippen molar-refractivity contribution < 1.29 is 9.47 Å². The molecule has 1 fully saturated rings. The molecule has 0 radical (unpaired) electrons. The number of methoxy groups -OCH3 is 1. The SMILES string of the molecule is COc1ccc2c(c1)CCCC2c1ccc(OCCN2CCCC2)nc1. The van der Waals surface area contributed by atoms with Gasteiger partial charge in [0.25, 0.3) is 0 Å². The van der Waals surface area contributed by atoms with Crippen LogP contribution in [0.15, 0.2) is 36.5 Å². The van der Waals surface area contributed by atoms with Crippen LogP contribution in [0.2, 0.25) is 0 Å². The van der Waals surface area contributed by atoms with Crippen LogP contribution in [0.5, 0.6) is 11.6 Å². The summed E-state index contributed by atoms with van der Waals surface area (Å²) in [6, 6.07) is 10.7. The summed E-state index contributed by atoms with van der Waals surface area (Å²) in [7, 11) is 1.73. The molecule has 138 valence electrons. The fourth-order valence-corrected chi connectivity index (χ4v) is 4.23. The first-order valence-electron chi connectivity index (χ1n) is 9.81. The van der Waals surface area contributed by atoms with Gasteiger partial charge in [-0.25, -0.2) is 4.98 Å². The molecule has 1 aromatic heterocycles. The molecule has 1 aliphatic heterocycles. The Balaban J connectivity index is 1.41. The summed E-state index contributed by atoms with van der Waals surface area (Å²) >= 11 is 0. The summed E-state index contributed by atoms with van der Waals surface area (Å²) in [6.07, 6.45) is 8.15. The smallest absolute Gasteiger partial charge is 0.213 e. The quantitative estimate of drug-likeness (QED) is 0.786. The predicted molar refractivity (Wildman–Crippen MR) is 103 cm³/mol. The van der Waals surface area contributed by atoms with E-state index in [0.29, 0.717) is 5.92 Å². The third kappa shape index (κ3) is 3.85. The van der Waals surface area contributed by atoms with Crippen molar-refractivity contribution in [2.24, 2.45) is 0 Å². The van der Waals surface area contributed by atoms with Gasteiger partial charge in [-0.15, -0.1) is 0 Å². The van der Waals surface area contributed by atoms with Gasteiger partial charge < -0.3 is 9.47 Å². The summed E-state index contributed by atoms with van der Waals surface area (Å²) in [6.45, 7) is 4.14. The highest BCUT2D eigenvalue weighted by molar-refractivity contribution is 5.43. The molecule has 0 spiro atoms. The number of hydrogen-bond donors (Lipinski definition) is 0. The number of likely N-dealkylation sites (tertiary alicyclic amines) is 1. The highest BCUT2D eigenvalue weighted by Crippen LogP contribution is 2.38.